The van der Waals surface area contributed by atoms with Crippen LogP contribution in [0.3, 0.4) is 0 Å². The molecule has 0 aromatic rings. The Hall–Kier alpha value is -0.570. The smallest absolute Gasteiger partial charge is 0.222 e. The van der Waals surface area contributed by atoms with Crippen LogP contribution in [-0.4, -0.2) is 37.0 Å². The average Bonchev–Trinajstić information content (AvgIpc) is 2.74. The SMILES string of the molecule is CCNCC1CCN(C(=O)CC2CCCCCC2)CC1. The standard InChI is InChI=1S/C17H32N2O/c1-2-18-14-16-9-11-19(12-10-16)17(20)13-15-7-5-3-4-6-8-15/h15-16,18H,2-14H2,1H3. The van der Waals surface area contributed by atoms with Crippen LogP contribution in [0.25, 0.3) is 0 Å². The van der Waals surface area contributed by atoms with E-state index >= 15 is 0 Å². The molecule has 116 valence electrons. The van der Waals surface area contributed by atoms with E-state index in [0.29, 0.717) is 11.8 Å². The lowest BCUT2D eigenvalue weighted by atomic mass is 9.93. The summed E-state index contributed by atoms with van der Waals surface area (Å²) in [5.74, 6) is 1.88. The molecule has 1 saturated carbocycles. The summed E-state index contributed by atoms with van der Waals surface area (Å²) in [6.07, 6.45) is 11.2. The Bertz CT molecular complexity index is 277. The van der Waals surface area contributed by atoms with Crippen LogP contribution in [0.5, 0.6) is 0 Å². The van der Waals surface area contributed by atoms with Crippen LogP contribution in [0.1, 0.15) is 64.7 Å². The van der Waals surface area contributed by atoms with Crippen LogP contribution in [-0.2, 0) is 4.79 Å². The first kappa shape index (κ1) is 15.8. The van der Waals surface area contributed by atoms with Gasteiger partial charge in [0, 0.05) is 19.5 Å². The number of rotatable bonds is 5. The van der Waals surface area contributed by atoms with E-state index in [1.54, 1.807) is 0 Å². The van der Waals surface area contributed by atoms with Gasteiger partial charge in [0.2, 0.25) is 5.91 Å². The average molecular weight is 280 g/mol. The Kier molecular flexibility index (Phi) is 6.85. The van der Waals surface area contributed by atoms with Crippen molar-refractivity contribution >= 4 is 5.91 Å². The summed E-state index contributed by atoms with van der Waals surface area (Å²) in [5.41, 5.74) is 0. The number of hydrogen-bond acceptors (Lipinski definition) is 2. The van der Waals surface area contributed by atoms with Crippen molar-refractivity contribution in [3.63, 3.8) is 0 Å². The fraction of sp³-hybridized carbons (Fsp3) is 0.941. The van der Waals surface area contributed by atoms with Crippen LogP contribution in [0, 0.1) is 11.8 Å². The maximum Gasteiger partial charge on any atom is 0.222 e. The van der Waals surface area contributed by atoms with Crippen molar-refractivity contribution in [1.29, 1.82) is 0 Å². The second kappa shape index (κ2) is 8.66. The van der Waals surface area contributed by atoms with E-state index in [1.807, 2.05) is 0 Å². The molecule has 1 heterocycles. The van der Waals surface area contributed by atoms with Gasteiger partial charge in [0.1, 0.15) is 0 Å². The lowest BCUT2D eigenvalue weighted by Crippen LogP contribution is -2.41. The first-order chi connectivity index (χ1) is 9.79. The zero-order valence-electron chi connectivity index (χ0n) is 13.2. The summed E-state index contributed by atoms with van der Waals surface area (Å²) < 4.78 is 0. The molecule has 0 radical (unpaired) electrons. The highest BCUT2D eigenvalue weighted by atomic mass is 16.2. The van der Waals surface area contributed by atoms with Crippen molar-refractivity contribution in [3.05, 3.63) is 0 Å². The largest absolute Gasteiger partial charge is 0.343 e. The van der Waals surface area contributed by atoms with E-state index in [9.17, 15) is 4.79 Å². The lowest BCUT2D eigenvalue weighted by molar-refractivity contribution is -0.133. The van der Waals surface area contributed by atoms with Gasteiger partial charge in [0.25, 0.3) is 0 Å². The summed E-state index contributed by atoms with van der Waals surface area (Å²) in [5, 5.41) is 3.43. The van der Waals surface area contributed by atoms with Crippen molar-refractivity contribution < 1.29 is 4.79 Å². The summed E-state index contributed by atoms with van der Waals surface area (Å²) in [6.45, 7) is 6.32. The summed E-state index contributed by atoms with van der Waals surface area (Å²) in [7, 11) is 0. The minimum absolute atomic E-state index is 0.429. The minimum Gasteiger partial charge on any atom is -0.343 e. The van der Waals surface area contributed by atoms with E-state index in [0.717, 1.165) is 38.5 Å². The molecule has 0 aromatic carbocycles. The molecule has 20 heavy (non-hydrogen) atoms. The van der Waals surface area contributed by atoms with Crippen LogP contribution in [0.4, 0.5) is 0 Å². The molecule has 2 fully saturated rings. The minimum atomic E-state index is 0.429. The van der Waals surface area contributed by atoms with Gasteiger partial charge in [-0.3, -0.25) is 4.79 Å². The maximum atomic E-state index is 12.4. The van der Waals surface area contributed by atoms with Crippen molar-refractivity contribution in [2.75, 3.05) is 26.2 Å². The number of amides is 1. The second-order valence-corrected chi connectivity index (χ2v) is 6.69. The van der Waals surface area contributed by atoms with Gasteiger partial charge >= 0.3 is 0 Å². The fourth-order valence-electron chi connectivity index (χ4n) is 3.68. The highest BCUT2D eigenvalue weighted by Crippen LogP contribution is 2.27. The van der Waals surface area contributed by atoms with Gasteiger partial charge in [-0.25, -0.2) is 0 Å². The first-order valence-electron chi connectivity index (χ1n) is 8.78. The first-order valence-corrected chi connectivity index (χ1v) is 8.78. The van der Waals surface area contributed by atoms with Gasteiger partial charge < -0.3 is 10.2 Å². The van der Waals surface area contributed by atoms with Gasteiger partial charge in [-0.05, 0) is 50.6 Å². The van der Waals surface area contributed by atoms with Gasteiger partial charge in [-0.2, -0.15) is 0 Å². The molecule has 1 saturated heterocycles. The molecule has 1 amide bonds. The van der Waals surface area contributed by atoms with Gasteiger partial charge in [0.05, 0.1) is 0 Å². The Balaban J connectivity index is 1.68. The number of likely N-dealkylation sites (tertiary alicyclic amines) is 1. The highest BCUT2D eigenvalue weighted by Gasteiger charge is 2.24. The topological polar surface area (TPSA) is 32.3 Å². The number of carbonyl (C=O) groups excluding carboxylic acids is 1. The number of piperidine rings is 1. The molecular formula is C17H32N2O. The van der Waals surface area contributed by atoms with E-state index in [2.05, 4.69) is 17.1 Å². The third-order valence-electron chi connectivity index (χ3n) is 5.09. The maximum absolute atomic E-state index is 12.4. The molecule has 2 aliphatic rings. The molecule has 0 unspecified atom stereocenters. The monoisotopic (exact) mass is 280 g/mol. The second-order valence-electron chi connectivity index (χ2n) is 6.69. The molecule has 3 heteroatoms. The summed E-state index contributed by atoms with van der Waals surface area (Å²) >= 11 is 0. The number of hydrogen-bond donors (Lipinski definition) is 1. The Labute approximate surface area is 124 Å². The Morgan fingerprint density at radius 1 is 1.00 bits per heavy atom. The molecule has 3 nitrogen and oxygen atoms in total. The van der Waals surface area contributed by atoms with Crippen molar-refractivity contribution in [2.24, 2.45) is 11.8 Å². The summed E-state index contributed by atoms with van der Waals surface area (Å²) in [4.78, 5) is 14.5. The number of carbonyl (C=O) groups is 1. The molecule has 0 bridgehead atoms. The van der Waals surface area contributed by atoms with Crippen molar-refractivity contribution in [2.45, 2.75) is 64.7 Å². The van der Waals surface area contributed by atoms with Crippen molar-refractivity contribution in [1.82, 2.24) is 10.2 Å². The molecular weight excluding hydrogens is 248 g/mol. The molecule has 1 N–H and O–H groups in total. The summed E-state index contributed by atoms with van der Waals surface area (Å²) in [6, 6.07) is 0. The van der Waals surface area contributed by atoms with Gasteiger partial charge in [0.15, 0.2) is 0 Å². The molecule has 0 atom stereocenters. The molecule has 0 aromatic heterocycles. The molecule has 0 spiro atoms. The number of nitrogens with zero attached hydrogens (tertiary/aromatic N) is 1. The van der Waals surface area contributed by atoms with Crippen LogP contribution >= 0.6 is 0 Å². The Morgan fingerprint density at radius 2 is 1.65 bits per heavy atom. The molecule has 1 aliphatic heterocycles. The fourth-order valence-corrected chi connectivity index (χ4v) is 3.68. The lowest BCUT2D eigenvalue weighted by Gasteiger charge is -2.33. The normalized spacial score (nSPS) is 22.8. The predicted molar refractivity (Wildman–Crippen MR) is 83.7 cm³/mol. The molecule has 2 rings (SSSR count). The van der Waals surface area contributed by atoms with Gasteiger partial charge in [-0.1, -0.05) is 32.6 Å². The van der Waals surface area contributed by atoms with Crippen LogP contribution < -0.4 is 5.32 Å². The zero-order chi connectivity index (χ0) is 14.2. The van der Waals surface area contributed by atoms with Crippen LogP contribution in [0.15, 0.2) is 0 Å². The van der Waals surface area contributed by atoms with E-state index in [4.69, 9.17) is 0 Å². The quantitative estimate of drug-likeness (QED) is 0.784. The number of nitrogens with one attached hydrogen (secondary N) is 1. The van der Waals surface area contributed by atoms with E-state index in [-0.39, 0.29) is 0 Å². The molecule has 1 aliphatic carbocycles. The third kappa shape index (κ3) is 5.08. The zero-order valence-corrected chi connectivity index (χ0v) is 13.2. The van der Waals surface area contributed by atoms with Gasteiger partial charge in [-0.15, -0.1) is 0 Å². The highest BCUT2D eigenvalue weighted by molar-refractivity contribution is 5.76. The third-order valence-corrected chi connectivity index (χ3v) is 5.09. The van der Waals surface area contributed by atoms with E-state index in [1.165, 1.54) is 51.4 Å². The van der Waals surface area contributed by atoms with E-state index < -0.39 is 0 Å². The predicted octanol–water partition coefficient (Wildman–Crippen LogP) is 3.20. The Morgan fingerprint density at radius 3 is 2.25 bits per heavy atom. The van der Waals surface area contributed by atoms with Crippen LogP contribution in [0.2, 0.25) is 0 Å². The van der Waals surface area contributed by atoms with Crippen molar-refractivity contribution in [3.8, 4) is 0 Å².